The minimum Gasteiger partial charge on any atom is -0.309 e. The highest BCUT2D eigenvalue weighted by Crippen LogP contribution is 2.30. The second-order valence-electron chi connectivity index (χ2n) is 5.84. The van der Waals surface area contributed by atoms with Crippen molar-refractivity contribution in [2.24, 2.45) is 0 Å². The van der Waals surface area contributed by atoms with Crippen molar-refractivity contribution in [1.82, 2.24) is 9.62 Å². The Labute approximate surface area is 125 Å². The molecule has 3 rings (SSSR count). The molecule has 0 aromatic carbocycles. The van der Waals surface area contributed by atoms with Crippen LogP contribution in [0.2, 0.25) is 0 Å². The van der Waals surface area contributed by atoms with Gasteiger partial charge in [-0.3, -0.25) is 0 Å². The van der Waals surface area contributed by atoms with E-state index in [0.717, 1.165) is 37.1 Å². The lowest BCUT2D eigenvalue weighted by Crippen LogP contribution is -2.34. The van der Waals surface area contributed by atoms with Gasteiger partial charge in [-0.1, -0.05) is 12.8 Å². The molecule has 0 atom stereocenters. The maximum absolute atomic E-state index is 12.6. The number of thiophene rings is 1. The Kier molecular flexibility index (Phi) is 4.17. The van der Waals surface area contributed by atoms with Gasteiger partial charge in [-0.15, -0.1) is 11.3 Å². The molecule has 0 unspecified atom stereocenters. The molecule has 0 bridgehead atoms. The van der Waals surface area contributed by atoms with Crippen LogP contribution in [0.1, 0.15) is 43.4 Å². The topological polar surface area (TPSA) is 49.4 Å². The zero-order valence-electron chi connectivity index (χ0n) is 11.8. The zero-order chi connectivity index (χ0) is 14.2. The second kappa shape index (κ2) is 5.75. The highest BCUT2D eigenvalue weighted by atomic mass is 32.2. The van der Waals surface area contributed by atoms with Crippen molar-refractivity contribution < 1.29 is 8.42 Å². The first-order valence-electron chi connectivity index (χ1n) is 7.37. The molecule has 0 spiro atoms. The molecular formula is C14H22N2O2S2. The molecule has 20 heavy (non-hydrogen) atoms. The van der Waals surface area contributed by atoms with Crippen LogP contribution in [0, 0.1) is 0 Å². The van der Waals surface area contributed by atoms with Crippen molar-refractivity contribution in [1.29, 1.82) is 0 Å². The van der Waals surface area contributed by atoms with Crippen molar-refractivity contribution >= 4 is 21.4 Å². The van der Waals surface area contributed by atoms with Gasteiger partial charge in [0.05, 0.1) is 0 Å². The van der Waals surface area contributed by atoms with E-state index in [9.17, 15) is 8.42 Å². The predicted molar refractivity (Wildman–Crippen MR) is 81.4 cm³/mol. The van der Waals surface area contributed by atoms with Gasteiger partial charge in [0, 0.05) is 30.6 Å². The Morgan fingerprint density at radius 2 is 1.95 bits per heavy atom. The summed E-state index contributed by atoms with van der Waals surface area (Å²) in [5, 5.41) is 3.42. The fourth-order valence-corrected chi connectivity index (χ4v) is 5.64. The molecule has 6 heteroatoms. The smallest absolute Gasteiger partial charge is 0.252 e. The minimum atomic E-state index is -3.30. The van der Waals surface area contributed by atoms with Gasteiger partial charge in [0.15, 0.2) is 0 Å². The molecule has 1 heterocycles. The lowest BCUT2D eigenvalue weighted by atomic mass is 10.3. The van der Waals surface area contributed by atoms with E-state index in [2.05, 4.69) is 5.32 Å². The van der Waals surface area contributed by atoms with Gasteiger partial charge < -0.3 is 5.32 Å². The summed E-state index contributed by atoms with van der Waals surface area (Å²) in [7, 11) is -1.57. The van der Waals surface area contributed by atoms with Crippen LogP contribution in [0.3, 0.4) is 0 Å². The molecule has 1 aromatic heterocycles. The fraction of sp³-hybridized carbons (Fsp3) is 0.714. The number of nitrogens with zero attached hydrogens (tertiary/aromatic N) is 1. The lowest BCUT2D eigenvalue weighted by Gasteiger charge is -2.22. The molecular weight excluding hydrogens is 292 g/mol. The summed E-state index contributed by atoms with van der Waals surface area (Å²) in [5.74, 6) is 0. The molecule has 1 aromatic rings. The quantitative estimate of drug-likeness (QED) is 0.878. The zero-order valence-corrected chi connectivity index (χ0v) is 13.5. The summed E-state index contributed by atoms with van der Waals surface area (Å²) in [6.07, 6.45) is 6.79. The van der Waals surface area contributed by atoms with E-state index in [-0.39, 0.29) is 6.04 Å². The molecule has 112 valence electrons. The van der Waals surface area contributed by atoms with Gasteiger partial charge in [-0.25, -0.2) is 8.42 Å². The molecule has 2 fully saturated rings. The number of hydrogen-bond acceptors (Lipinski definition) is 4. The Morgan fingerprint density at radius 1 is 1.25 bits per heavy atom. The molecule has 2 aliphatic carbocycles. The summed E-state index contributed by atoms with van der Waals surface area (Å²) in [6, 6.07) is 4.54. The van der Waals surface area contributed by atoms with Crippen LogP contribution < -0.4 is 5.32 Å². The molecule has 4 nitrogen and oxygen atoms in total. The normalized spacial score (nSPS) is 20.9. The molecule has 2 saturated carbocycles. The predicted octanol–water partition coefficient (Wildman–Crippen LogP) is 2.56. The highest BCUT2D eigenvalue weighted by Gasteiger charge is 2.31. The number of nitrogens with one attached hydrogen (secondary N) is 1. The standard InChI is InChI=1S/C14H22N2O2S2/c1-16(12-4-2-3-5-12)20(17,18)14-9-8-13(19-14)10-15-11-6-7-11/h8-9,11-12,15H,2-7,10H2,1H3. The van der Waals surface area contributed by atoms with E-state index in [1.165, 1.54) is 24.2 Å². The van der Waals surface area contributed by atoms with Crippen LogP contribution in [0.15, 0.2) is 16.3 Å². The minimum absolute atomic E-state index is 0.190. The first-order chi connectivity index (χ1) is 9.57. The summed E-state index contributed by atoms with van der Waals surface area (Å²) in [4.78, 5) is 1.11. The molecule has 2 aliphatic rings. The maximum atomic E-state index is 12.6. The van der Waals surface area contributed by atoms with E-state index >= 15 is 0 Å². The Hall–Kier alpha value is -0.430. The van der Waals surface area contributed by atoms with E-state index in [1.807, 2.05) is 6.07 Å². The van der Waals surface area contributed by atoms with E-state index in [1.54, 1.807) is 17.4 Å². The summed E-state index contributed by atoms with van der Waals surface area (Å²) in [5.41, 5.74) is 0. The van der Waals surface area contributed by atoms with E-state index in [4.69, 9.17) is 0 Å². The van der Waals surface area contributed by atoms with Gasteiger partial charge in [-0.05, 0) is 37.8 Å². The average molecular weight is 314 g/mol. The lowest BCUT2D eigenvalue weighted by molar-refractivity contribution is 0.374. The summed E-state index contributed by atoms with van der Waals surface area (Å²) in [6.45, 7) is 0.790. The third-order valence-electron chi connectivity index (χ3n) is 4.25. The van der Waals surface area contributed by atoms with Crippen LogP contribution >= 0.6 is 11.3 Å². The van der Waals surface area contributed by atoms with Crippen molar-refractivity contribution in [2.75, 3.05) is 7.05 Å². The molecule has 0 amide bonds. The highest BCUT2D eigenvalue weighted by molar-refractivity contribution is 7.91. The average Bonchev–Trinajstić information content (AvgIpc) is 2.95. The van der Waals surface area contributed by atoms with Crippen molar-refractivity contribution in [2.45, 2.75) is 61.4 Å². The van der Waals surface area contributed by atoms with Crippen molar-refractivity contribution in [3.63, 3.8) is 0 Å². The third-order valence-corrected chi connectivity index (χ3v) is 7.71. The van der Waals surface area contributed by atoms with Crippen molar-refractivity contribution in [3.05, 3.63) is 17.0 Å². The second-order valence-corrected chi connectivity index (χ2v) is 9.23. The SMILES string of the molecule is CN(C1CCCC1)S(=O)(=O)c1ccc(CNC2CC2)s1. The van der Waals surface area contributed by atoms with Gasteiger partial charge in [-0.2, -0.15) is 4.31 Å². The number of rotatable bonds is 6. The molecule has 0 radical (unpaired) electrons. The van der Waals surface area contributed by atoms with Crippen LogP contribution in [0.5, 0.6) is 0 Å². The van der Waals surface area contributed by atoms with Crippen LogP contribution in [0.25, 0.3) is 0 Å². The Morgan fingerprint density at radius 3 is 2.60 bits per heavy atom. The van der Waals surface area contributed by atoms with Crippen LogP contribution in [0.4, 0.5) is 0 Å². The Bertz CT molecular complexity index is 557. The molecule has 0 aliphatic heterocycles. The first kappa shape index (κ1) is 14.5. The van der Waals surface area contributed by atoms with Crippen LogP contribution in [-0.4, -0.2) is 31.9 Å². The van der Waals surface area contributed by atoms with Gasteiger partial charge in [0.1, 0.15) is 4.21 Å². The summed E-state index contributed by atoms with van der Waals surface area (Å²) >= 11 is 1.40. The largest absolute Gasteiger partial charge is 0.309 e. The Balaban J connectivity index is 1.69. The van der Waals surface area contributed by atoms with Gasteiger partial charge >= 0.3 is 0 Å². The van der Waals surface area contributed by atoms with Crippen LogP contribution in [-0.2, 0) is 16.6 Å². The van der Waals surface area contributed by atoms with Gasteiger partial charge in [0.2, 0.25) is 0 Å². The van der Waals surface area contributed by atoms with Gasteiger partial charge in [0.25, 0.3) is 10.0 Å². The third kappa shape index (κ3) is 3.08. The number of hydrogen-bond donors (Lipinski definition) is 1. The number of sulfonamides is 1. The summed E-state index contributed by atoms with van der Waals surface area (Å²) < 4.78 is 27.3. The van der Waals surface area contributed by atoms with E-state index in [0.29, 0.717) is 10.3 Å². The van der Waals surface area contributed by atoms with E-state index < -0.39 is 10.0 Å². The molecule has 1 N–H and O–H groups in total. The fourth-order valence-electron chi connectivity index (χ4n) is 2.73. The monoisotopic (exact) mass is 314 g/mol. The first-order valence-corrected chi connectivity index (χ1v) is 9.63. The van der Waals surface area contributed by atoms with Crippen molar-refractivity contribution in [3.8, 4) is 0 Å². The molecule has 0 saturated heterocycles. The maximum Gasteiger partial charge on any atom is 0.252 e.